The second kappa shape index (κ2) is 9.09. The van der Waals surface area contributed by atoms with Crippen LogP contribution in [-0.2, 0) is 36.2 Å². The standard InChI is InChI=1S/C22H25N3O5S/c1-24(31(2,26)27)14-19-4-5-20(30-19)15-25(12-17-7-9-23-10-8-17)13-18-3-6-21-22(11-18)29-16-28-21/h3-11H,12-16H2,1-2H3. The van der Waals surface area contributed by atoms with Gasteiger partial charge < -0.3 is 13.9 Å². The number of benzene rings is 1. The zero-order valence-corrected chi connectivity index (χ0v) is 18.3. The Morgan fingerprint density at radius 2 is 1.55 bits per heavy atom. The number of nitrogens with zero attached hydrogens (tertiary/aromatic N) is 3. The number of rotatable bonds is 9. The van der Waals surface area contributed by atoms with Gasteiger partial charge in [0.1, 0.15) is 11.5 Å². The van der Waals surface area contributed by atoms with Gasteiger partial charge in [0, 0.05) is 32.5 Å². The number of fused-ring (bicyclic) bond motifs is 1. The summed E-state index contributed by atoms with van der Waals surface area (Å²) in [6.45, 7) is 2.40. The SMILES string of the molecule is CN(Cc1ccc(CN(Cc2ccncc2)Cc2ccc3c(c2)OCO3)o1)S(C)(=O)=O. The Labute approximate surface area is 182 Å². The Bertz CT molecular complexity index is 1130. The van der Waals surface area contributed by atoms with Crippen LogP contribution in [0.2, 0.25) is 0 Å². The lowest BCUT2D eigenvalue weighted by molar-refractivity contribution is 0.174. The minimum atomic E-state index is -3.27. The largest absolute Gasteiger partial charge is 0.463 e. The Kier molecular flexibility index (Phi) is 6.26. The van der Waals surface area contributed by atoms with Gasteiger partial charge in [-0.15, -0.1) is 0 Å². The molecule has 0 bridgehead atoms. The first-order valence-corrected chi connectivity index (χ1v) is 11.7. The smallest absolute Gasteiger partial charge is 0.231 e. The summed E-state index contributed by atoms with van der Waals surface area (Å²) >= 11 is 0. The lowest BCUT2D eigenvalue weighted by Crippen LogP contribution is -2.24. The highest BCUT2D eigenvalue weighted by atomic mass is 32.2. The maximum Gasteiger partial charge on any atom is 0.231 e. The quantitative estimate of drug-likeness (QED) is 0.503. The number of sulfonamides is 1. The monoisotopic (exact) mass is 443 g/mol. The van der Waals surface area contributed by atoms with Gasteiger partial charge in [-0.05, 0) is 47.5 Å². The van der Waals surface area contributed by atoms with E-state index in [1.54, 1.807) is 12.4 Å². The first kappa shape index (κ1) is 21.4. The average molecular weight is 444 g/mol. The fourth-order valence-corrected chi connectivity index (χ4v) is 3.72. The van der Waals surface area contributed by atoms with Crippen molar-refractivity contribution in [1.29, 1.82) is 0 Å². The topological polar surface area (TPSA) is 85.1 Å². The van der Waals surface area contributed by atoms with Gasteiger partial charge in [-0.25, -0.2) is 8.42 Å². The molecule has 1 aliphatic heterocycles. The van der Waals surface area contributed by atoms with E-state index < -0.39 is 10.0 Å². The summed E-state index contributed by atoms with van der Waals surface area (Å²) < 4.78 is 41.4. The van der Waals surface area contributed by atoms with Gasteiger partial charge in [-0.2, -0.15) is 4.31 Å². The van der Waals surface area contributed by atoms with Gasteiger partial charge in [-0.1, -0.05) is 6.07 Å². The Morgan fingerprint density at radius 1 is 0.871 bits per heavy atom. The maximum absolute atomic E-state index is 11.7. The van der Waals surface area contributed by atoms with Crippen LogP contribution in [0.15, 0.2) is 59.3 Å². The fourth-order valence-electron chi connectivity index (χ4n) is 3.36. The molecule has 0 N–H and O–H groups in total. The van der Waals surface area contributed by atoms with E-state index in [4.69, 9.17) is 13.9 Å². The Hall–Kier alpha value is -2.88. The van der Waals surface area contributed by atoms with Gasteiger partial charge in [-0.3, -0.25) is 9.88 Å². The molecule has 0 fully saturated rings. The first-order chi connectivity index (χ1) is 14.9. The predicted octanol–water partition coefficient (Wildman–Crippen LogP) is 3.00. The van der Waals surface area contributed by atoms with E-state index in [9.17, 15) is 8.42 Å². The molecule has 0 saturated heterocycles. The van der Waals surface area contributed by atoms with Crippen molar-refractivity contribution in [2.45, 2.75) is 26.2 Å². The summed E-state index contributed by atoms with van der Waals surface area (Å²) in [6.07, 6.45) is 4.74. The molecule has 0 saturated carbocycles. The van der Waals surface area contributed by atoms with Crippen LogP contribution in [0.25, 0.3) is 0 Å². The van der Waals surface area contributed by atoms with Crippen LogP contribution >= 0.6 is 0 Å². The minimum Gasteiger partial charge on any atom is -0.463 e. The van der Waals surface area contributed by atoms with Crippen LogP contribution in [0.5, 0.6) is 11.5 Å². The highest BCUT2D eigenvalue weighted by Gasteiger charge is 2.17. The molecule has 0 spiro atoms. The predicted molar refractivity (Wildman–Crippen MR) is 115 cm³/mol. The molecular formula is C22H25N3O5S. The molecule has 3 heterocycles. The van der Waals surface area contributed by atoms with Crippen LogP contribution in [0.1, 0.15) is 22.6 Å². The normalized spacial score (nSPS) is 13.3. The molecule has 0 aliphatic carbocycles. The lowest BCUT2D eigenvalue weighted by Gasteiger charge is -2.22. The van der Waals surface area contributed by atoms with Crippen molar-refractivity contribution in [3.63, 3.8) is 0 Å². The van der Waals surface area contributed by atoms with E-state index >= 15 is 0 Å². The summed E-state index contributed by atoms with van der Waals surface area (Å²) in [5, 5.41) is 0. The number of ether oxygens (including phenoxy) is 2. The highest BCUT2D eigenvalue weighted by Crippen LogP contribution is 2.33. The van der Waals surface area contributed by atoms with Crippen LogP contribution < -0.4 is 9.47 Å². The van der Waals surface area contributed by atoms with E-state index in [1.807, 2.05) is 42.5 Å². The van der Waals surface area contributed by atoms with Crippen LogP contribution in [0, 0.1) is 0 Å². The van der Waals surface area contributed by atoms with Crippen molar-refractivity contribution in [2.75, 3.05) is 20.1 Å². The summed E-state index contributed by atoms with van der Waals surface area (Å²) in [7, 11) is -1.73. The highest BCUT2D eigenvalue weighted by molar-refractivity contribution is 7.88. The summed E-state index contributed by atoms with van der Waals surface area (Å²) in [5.41, 5.74) is 2.24. The number of hydrogen-bond donors (Lipinski definition) is 0. The molecule has 0 atom stereocenters. The lowest BCUT2D eigenvalue weighted by atomic mass is 10.1. The molecule has 1 aliphatic rings. The van der Waals surface area contributed by atoms with E-state index in [0.29, 0.717) is 25.4 Å². The molecule has 1 aromatic carbocycles. The van der Waals surface area contributed by atoms with Gasteiger partial charge in [0.05, 0.1) is 19.3 Å². The number of pyridine rings is 1. The van der Waals surface area contributed by atoms with Crippen LogP contribution in [-0.4, -0.2) is 42.7 Å². The van der Waals surface area contributed by atoms with Gasteiger partial charge in [0.2, 0.25) is 16.8 Å². The summed E-state index contributed by atoms with van der Waals surface area (Å²) in [4.78, 5) is 6.34. The van der Waals surface area contributed by atoms with Crippen molar-refractivity contribution in [3.8, 4) is 11.5 Å². The second-order valence-electron chi connectivity index (χ2n) is 7.58. The molecule has 4 rings (SSSR count). The average Bonchev–Trinajstić information content (AvgIpc) is 3.37. The minimum absolute atomic E-state index is 0.200. The van der Waals surface area contributed by atoms with Crippen molar-refractivity contribution in [1.82, 2.24) is 14.2 Å². The molecule has 0 amide bonds. The van der Waals surface area contributed by atoms with E-state index in [-0.39, 0.29) is 13.3 Å². The zero-order chi connectivity index (χ0) is 21.8. The summed E-state index contributed by atoms with van der Waals surface area (Å²) in [5.74, 6) is 2.89. The third-order valence-corrected chi connectivity index (χ3v) is 6.30. The number of aromatic nitrogens is 1. The van der Waals surface area contributed by atoms with E-state index in [2.05, 4.69) is 9.88 Å². The first-order valence-electron chi connectivity index (χ1n) is 9.85. The molecule has 8 nitrogen and oxygen atoms in total. The maximum atomic E-state index is 11.7. The molecule has 9 heteroatoms. The van der Waals surface area contributed by atoms with E-state index in [0.717, 1.165) is 28.4 Å². The molecular weight excluding hydrogens is 418 g/mol. The van der Waals surface area contributed by atoms with Crippen molar-refractivity contribution in [3.05, 3.63) is 77.5 Å². The van der Waals surface area contributed by atoms with Crippen molar-refractivity contribution in [2.24, 2.45) is 0 Å². The van der Waals surface area contributed by atoms with Crippen LogP contribution in [0.4, 0.5) is 0 Å². The molecule has 0 radical (unpaired) electrons. The Balaban J connectivity index is 1.49. The van der Waals surface area contributed by atoms with Gasteiger partial charge in [0.25, 0.3) is 0 Å². The fraction of sp³-hybridized carbons (Fsp3) is 0.318. The molecule has 31 heavy (non-hydrogen) atoms. The van der Waals surface area contributed by atoms with Gasteiger partial charge in [0.15, 0.2) is 11.5 Å². The summed E-state index contributed by atoms with van der Waals surface area (Å²) in [6, 6.07) is 13.6. The molecule has 0 unspecified atom stereocenters. The second-order valence-corrected chi connectivity index (χ2v) is 9.66. The Morgan fingerprint density at radius 3 is 2.29 bits per heavy atom. The molecule has 3 aromatic rings. The number of hydrogen-bond acceptors (Lipinski definition) is 7. The molecule has 2 aromatic heterocycles. The zero-order valence-electron chi connectivity index (χ0n) is 17.5. The van der Waals surface area contributed by atoms with Crippen molar-refractivity contribution < 1.29 is 22.3 Å². The molecule has 164 valence electrons. The third kappa shape index (κ3) is 5.63. The number of furan rings is 1. The van der Waals surface area contributed by atoms with Crippen LogP contribution in [0.3, 0.4) is 0 Å². The van der Waals surface area contributed by atoms with Gasteiger partial charge >= 0.3 is 0 Å². The van der Waals surface area contributed by atoms with E-state index in [1.165, 1.54) is 17.6 Å². The van der Waals surface area contributed by atoms with Crippen molar-refractivity contribution >= 4 is 10.0 Å². The third-order valence-electron chi connectivity index (χ3n) is 5.04.